The molecule has 1 fully saturated rings. The molecule has 1 saturated heterocycles. The van der Waals surface area contributed by atoms with Crippen LogP contribution in [0.15, 0.2) is 29.6 Å². The number of carbonyl (C=O) groups excluding carboxylic acids is 1. The molecule has 2 aromatic rings. The molecule has 1 amide bonds. The molecule has 1 atom stereocenters. The number of thiophene rings is 1. The fourth-order valence-corrected chi connectivity index (χ4v) is 4.76. The standard InChI is InChI=1S/C21H29N3OS/c1-15-12-16(2)20(17(3)13-15)22-21(25)18(4)24-9-7-23(8-10-24)14-19-6-5-11-26-19/h5-6,11-13,18H,7-10,14H2,1-4H3,(H,22,25)/p+2/t18-/m0/s1. The summed E-state index contributed by atoms with van der Waals surface area (Å²) in [6.07, 6.45) is 0. The van der Waals surface area contributed by atoms with Crippen LogP contribution in [0.25, 0.3) is 0 Å². The Morgan fingerprint density at radius 3 is 2.38 bits per heavy atom. The number of hydrogen-bond acceptors (Lipinski definition) is 2. The summed E-state index contributed by atoms with van der Waals surface area (Å²) < 4.78 is 0. The van der Waals surface area contributed by atoms with E-state index in [0.29, 0.717) is 0 Å². The molecule has 4 nitrogen and oxygen atoms in total. The Hall–Kier alpha value is -1.69. The van der Waals surface area contributed by atoms with Crippen molar-refractivity contribution < 1.29 is 14.6 Å². The van der Waals surface area contributed by atoms with E-state index >= 15 is 0 Å². The van der Waals surface area contributed by atoms with Crippen molar-refractivity contribution in [3.05, 3.63) is 51.2 Å². The van der Waals surface area contributed by atoms with Crippen LogP contribution >= 0.6 is 11.3 Å². The molecule has 0 unspecified atom stereocenters. The Kier molecular flexibility index (Phi) is 6.12. The predicted octanol–water partition coefficient (Wildman–Crippen LogP) is 0.984. The molecule has 5 heteroatoms. The highest BCUT2D eigenvalue weighted by Crippen LogP contribution is 2.21. The molecule has 0 saturated carbocycles. The number of carbonyl (C=O) groups is 1. The van der Waals surface area contributed by atoms with Crippen LogP contribution in [0.4, 0.5) is 5.69 Å². The molecule has 1 aromatic heterocycles. The quantitative estimate of drug-likeness (QED) is 0.718. The lowest BCUT2D eigenvalue weighted by molar-refractivity contribution is -1.02. The molecule has 140 valence electrons. The van der Waals surface area contributed by atoms with Crippen molar-refractivity contribution in [2.24, 2.45) is 0 Å². The number of aryl methyl sites for hydroxylation is 3. The molecule has 0 bridgehead atoms. The number of rotatable bonds is 5. The van der Waals surface area contributed by atoms with Gasteiger partial charge in [0.25, 0.3) is 5.91 Å². The van der Waals surface area contributed by atoms with E-state index in [0.717, 1.165) is 49.5 Å². The summed E-state index contributed by atoms with van der Waals surface area (Å²) >= 11 is 1.84. The second-order valence-corrected chi connectivity index (χ2v) is 8.68. The van der Waals surface area contributed by atoms with E-state index in [1.807, 2.05) is 11.3 Å². The maximum absolute atomic E-state index is 12.8. The van der Waals surface area contributed by atoms with E-state index in [1.165, 1.54) is 15.3 Å². The van der Waals surface area contributed by atoms with Gasteiger partial charge in [0.05, 0.1) is 4.88 Å². The summed E-state index contributed by atoms with van der Waals surface area (Å²) in [5.41, 5.74) is 4.50. The SMILES string of the molecule is Cc1cc(C)c(NC(=O)[C@H](C)[NH+]2CC[NH+](Cc3cccs3)CC2)c(C)c1. The molecule has 1 aromatic carbocycles. The molecule has 3 N–H and O–H groups in total. The van der Waals surface area contributed by atoms with E-state index in [1.54, 1.807) is 4.90 Å². The summed E-state index contributed by atoms with van der Waals surface area (Å²) in [5.74, 6) is 0.136. The minimum atomic E-state index is -0.0154. The van der Waals surface area contributed by atoms with E-state index in [9.17, 15) is 4.79 Å². The Morgan fingerprint density at radius 2 is 1.81 bits per heavy atom. The third-order valence-electron chi connectivity index (χ3n) is 5.53. The van der Waals surface area contributed by atoms with Crippen molar-refractivity contribution in [3.63, 3.8) is 0 Å². The zero-order valence-corrected chi connectivity index (χ0v) is 17.1. The molecule has 0 spiro atoms. The topological polar surface area (TPSA) is 38.0 Å². The highest BCUT2D eigenvalue weighted by molar-refractivity contribution is 7.09. The second kappa shape index (κ2) is 8.33. The number of benzene rings is 1. The van der Waals surface area contributed by atoms with Crippen molar-refractivity contribution in [2.45, 2.75) is 40.3 Å². The normalized spacial score (nSPS) is 21.4. The fraction of sp³-hybridized carbons (Fsp3) is 0.476. The van der Waals surface area contributed by atoms with Crippen LogP contribution in [-0.2, 0) is 11.3 Å². The van der Waals surface area contributed by atoms with Gasteiger partial charge in [0.2, 0.25) is 0 Å². The summed E-state index contributed by atoms with van der Waals surface area (Å²) in [4.78, 5) is 17.3. The molecule has 1 aliphatic rings. The zero-order valence-electron chi connectivity index (χ0n) is 16.3. The van der Waals surface area contributed by atoms with Gasteiger partial charge in [0.15, 0.2) is 6.04 Å². The Labute approximate surface area is 160 Å². The molecule has 26 heavy (non-hydrogen) atoms. The van der Waals surface area contributed by atoms with Gasteiger partial charge < -0.3 is 15.1 Å². The Bertz CT molecular complexity index is 726. The van der Waals surface area contributed by atoms with Gasteiger partial charge in [0.1, 0.15) is 32.7 Å². The Morgan fingerprint density at radius 1 is 1.15 bits per heavy atom. The maximum atomic E-state index is 12.8. The van der Waals surface area contributed by atoms with E-state index in [-0.39, 0.29) is 11.9 Å². The van der Waals surface area contributed by atoms with Crippen LogP contribution in [-0.4, -0.2) is 38.1 Å². The molecular weight excluding hydrogens is 342 g/mol. The summed E-state index contributed by atoms with van der Waals surface area (Å²) in [5, 5.41) is 5.34. The number of nitrogens with one attached hydrogen (secondary N) is 3. The van der Waals surface area contributed by atoms with Crippen LogP contribution in [0, 0.1) is 20.8 Å². The van der Waals surface area contributed by atoms with Crippen LogP contribution in [0.5, 0.6) is 0 Å². The average Bonchev–Trinajstić information content (AvgIpc) is 3.11. The van der Waals surface area contributed by atoms with Gasteiger partial charge in [-0.05, 0) is 50.3 Å². The van der Waals surface area contributed by atoms with Gasteiger partial charge in [-0.3, -0.25) is 4.79 Å². The predicted molar refractivity (Wildman–Crippen MR) is 108 cm³/mol. The summed E-state index contributed by atoms with van der Waals surface area (Å²) in [6, 6.07) is 8.60. The van der Waals surface area contributed by atoms with E-state index < -0.39 is 0 Å². The Balaban J connectivity index is 1.55. The van der Waals surface area contributed by atoms with E-state index in [4.69, 9.17) is 0 Å². The summed E-state index contributed by atoms with van der Waals surface area (Å²) in [6.45, 7) is 13.8. The number of hydrogen-bond donors (Lipinski definition) is 3. The minimum Gasteiger partial charge on any atom is -0.321 e. The second-order valence-electron chi connectivity index (χ2n) is 7.65. The maximum Gasteiger partial charge on any atom is 0.282 e. The number of piperazine rings is 1. The van der Waals surface area contributed by atoms with Gasteiger partial charge in [0, 0.05) is 5.69 Å². The first-order chi connectivity index (χ1) is 12.4. The van der Waals surface area contributed by atoms with Crippen LogP contribution in [0.2, 0.25) is 0 Å². The van der Waals surface area contributed by atoms with Crippen LogP contribution < -0.4 is 15.1 Å². The van der Waals surface area contributed by atoms with Crippen LogP contribution in [0.1, 0.15) is 28.5 Å². The van der Waals surface area contributed by atoms with Gasteiger partial charge in [-0.15, -0.1) is 11.3 Å². The molecule has 2 heterocycles. The fourth-order valence-electron chi connectivity index (χ4n) is 3.99. The lowest BCUT2D eigenvalue weighted by Gasteiger charge is -2.32. The number of anilines is 1. The van der Waals surface area contributed by atoms with Gasteiger partial charge >= 0.3 is 0 Å². The number of amides is 1. The third kappa shape index (κ3) is 4.53. The van der Waals surface area contributed by atoms with Gasteiger partial charge in [-0.25, -0.2) is 0 Å². The number of quaternary nitrogens is 2. The lowest BCUT2D eigenvalue weighted by atomic mass is 10.0. The van der Waals surface area contributed by atoms with Crippen LogP contribution in [0.3, 0.4) is 0 Å². The minimum absolute atomic E-state index is 0.0154. The monoisotopic (exact) mass is 373 g/mol. The summed E-state index contributed by atoms with van der Waals surface area (Å²) in [7, 11) is 0. The van der Waals surface area contributed by atoms with Crippen molar-refractivity contribution in [1.82, 2.24) is 0 Å². The van der Waals surface area contributed by atoms with Crippen molar-refractivity contribution >= 4 is 22.9 Å². The molecule has 1 aliphatic heterocycles. The van der Waals surface area contributed by atoms with Crippen molar-refractivity contribution in [1.29, 1.82) is 0 Å². The smallest absolute Gasteiger partial charge is 0.282 e. The first kappa shape index (κ1) is 19.1. The highest BCUT2D eigenvalue weighted by atomic mass is 32.1. The van der Waals surface area contributed by atoms with Gasteiger partial charge in [-0.1, -0.05) is 23.8 Å². The van der Waals surface area contributed by atoms with E-state index in [2.05, 4.69) is 62.7 Å². The van der Waals surface area contributed by atoms with Gasteiger partial charge in [-0.2, -0.15) is 0 Å². The first-order valence-electron chi connectivity index (χ1n) is 9.53. The highest BCUT2D eigenvalue weighted by Gasteiger charge is 2.31. The average molecular weight is 374 g/mol. The largest absolute Gasteiger partial charge is 0.321 e. The van der Waals surface area contributed by atoms with Crippen molar-refractivity contribution in [3.8, 4) is 0 Å². The zero-order chi connectivity index (χ0) is 18.7. The molecule has 0 radical (unpaired) electrons. The van der Waals surface area contributed by atoms with Crippen molar-refractivity contribution in [2.75, 3.05) is 31.5 Å². The first-order valence-corrected chi connectivity index (χ1v) is 10.4. The molecular formula is C21H31N3OS+2. The lowest BCUT2D eigenvalue weighted by Crippen LogP contribution is -3.29. The molecule has 0 aliphatic carbocycles. The molecule has 3 rings (SSSR count). The third-order valence-corrected chi connectivity index (χ3v) is 6.41.